The van der Waals surface area contributed by atoms with Crippen LogP contribution in [0.4, 0.5) is 0 Å². The summed E-state index contributed by atoms with van der Waals surface area (Å²) in [5, 5.41) is 11.1. The minimum atomic E-state index is 0.449. The molecule has 0 fully saturated rings. The van der Waals surface area contributed by atoms with Crippen LogP contribution in [0.25, 0.3) is 0 Å². The second-order valence-electron chi connectivity index (χ2n) is 4.39. The predicted molar refractivity (Wildman–Crippen MR) is 77.0 cm³/mol. The molecule has 2 rings (SSSR count). The second-order valence-corrected chi connectivity index (χ2v) is 4.39. The number of rotatable bonds is 4. The highest BCUT2D eigenvalue weighted by Gasteiger charge is 2.03. The van der Waals surface area contributed by atoms with Crippen LogP contribution in [-0.2, 0) is 13.1 Å². The van der Waals surface area contributed by atoms with E-state index in [-0.39, 0.29) is 0 Å². The van der Waals surface area contributed by atoms with Crippen molar-refractivity contribution in [3.8, 4) is 0 Å². The Morgan fingerprint density at radius 3 is 2.05 bits per heavy atom. The zero-order valence-corrected chi connectivity index (χ0v) is 11.0. The molecule has 0 saturated heterocycles. The highest BCUT2D eigenvalue weighted by molar-refractivity contribution is 5.78. The lowest BCUT2D eigenvalue weighted by atomic mass is 10.2. The van der Waals surface area contributed by atoms with Gasteiger partial charge in [0.1, 0.15) is 5.84 Å². The Morgan fingerprint density at radius 2 is 1.47 bits per heavy atom. The minimum Gasteiger partial charge on any atom is -0.287 e. The number of benzene rings is 2. The normalized spacial score (nSPS) is 11.4. The molecule has 3 heteroatoms. The maximum absolute atomic E-state index is 9.95. The van der Waals surface area contributed by atoms with E-state index in [1.54, 1.807) is 0 Å². The number of hydroxylamine groups is 2. The van der Waals surface area contributed by atoms with E-state index >= 15 is 0 Å². The fourth-order valence-electron chi connectivity index (χ4n) is 1.74. The first kappa shape index (κ1) is 13.3. The molecular formula is C16H18N2O. The van der Waals surface area contributed by atoms with E-state index in [4.69, 9.17) is 0 Å². The maximum Gasteiger partial charge on any atom is 0.121 e. The summed E-state index contributed by atoms with van der Waals surface area (Å²) in [6.45, 7) is 2.84. The zero-order valence-electron chi connectivity index (χ0n) is 11.0. The molecule has 0 aliphatic heterocycles. The average molecular weight is 254 g/mol. The molecule has 0 aromatic heterocycles. The van der Waals surface area contributed by atoms with Gasteiger partial charge in [0, 0.05) is 0 Å². The number of hydrogen-bond donors (Lipinski definition) is 1. The first-order chi connectivity index (χ1) is 9.25. The monoisotopic (exact) mass is 254 g/mol. The van der Waals surface area contributed by atoms with Crippen molar-refractivity contribution in [2.45, 2.75) is 20.0 Å². The molecule has 0 saturated carbocycles. The van der Waals surface area contributed by atoms with Gasteiger partial charge < -0.3 is 0 Å². The maximum atomic E-state index is 9.95. The van der Waals surface area contributed by atoms with Crippen LogP contribution in [-0.4, -0.2) is 16.1 Å². The highest BCUT2D eigenvalue weighted by atomic mass is 16.5. The van der Waals surface area contributed by atoms with Gasteiger partial charge in [-0.15, -0.1) is 0 Å². The van der Waals surface area contributed by atoms with E-state index in [1.165, 1.54) is 5.06 Å². The molecule has 0 amide bonds. The van der Waals surface area contributed by atoms with E-state index in [0.29, 0.717) is 18.9 Å². The van der Waals surface area contributed by atoms with Gasteiger partial charge in [-0.3, -0.25) is 10.2 Å². The molecule has 0 aliphatic carbocycles. The summed E-state index contributed by atoms with van der Waals surface area (Å²) in [5.41, 5.74) is 2.19. The number of hydrogen-bond acceptors (Lipinski definition) is 2. The van der Waals surface area contributed by atoms with Crippen molar-refractivity contribution >= 4 is 5.84 Å². The molecule has 3 nitrogen and oxygen atoms in total. The SMILES string of the molecule is CC(=NCc1ccccc1)N(O)Cc1ccccc1. The van der Waals surface area contributed by atoms with Gasteiger partial charge in [-0.05, 0) is 18.1 Å². The third-order valence-electron chi connectivity index (χ3n) is 2.88. The quantitative estimate of drug-likeness (QED) is 0.515. The summed E-state index contributed by atoms with van der Waals surface area (Å²) in [6, 6.07) is 19.8. The van der Waals surface area contributed by atoms with Gasteiger partial charge >= 0.3 is 0 Å². The third kappa shape index (κ3) is 4.23. The van der Waals surface area contributed by atoms with E-state index in [9.17, 15) is 5.21 Å². The van der Waals surface area contributed by atoms with Crippen LogP contribution in [0.5, 0.6) is 0 Å². The molecular weight excluding hydrogens is 236 g/mol. The molecule has 98 valence electrons. The molecule has 0 spiro atoms. The summed E-state index contributed by atoms with van der Waals surface area (Å²) in [6.07, 6.45) is 0. The van der Waals surface area contributed by atoms with Gasteiger partial charge in [0.25, 0.3) is 0 Å². The average Bonchev–Trinajstić information content (AvgIpc) is 2.47. The van der Waals surface area contributed by atoms with Crippen LogP contribution in [0.1, 0.15) is 18.1 Å². The fraction of sp³-hybridized carbons (Fsp3) is 0.188. The molecule has 2 aromatic rings. The van der Waals surface area contributed by atoms with Crippen LogP contribution in [0.3, 0.4) is 0 Å². The first-order valence-electron chi connectivity index (χ1n) is 6.31. The fourth-order valence-corrected chi connectivity index (χ4v) is 1.74. The predicted octanol–water partition coefficient (Wildman–Crippen LogP) is 3.50. The smallest absolute Gasteiger partial charge is 0.121 e. The Morgan fingerprint density at radius 1 is 0.947 bits per heavy atom. The summed E-state index contributed by atoms with van der Waals surface area (Å²) in [7, 11) is 0. The number of aliphatic imine (C=N–C) groups is 1. The van der Waals surface area contributed by atoms with Crippen molar-refractivity contribution in [1.82, 2.24) is 5.06 Å². The molecule has 0 bridgehead atoms. The van der Waals surface area contributed by atoms with Crippen molar-refractivity contribution in [3.05, 3.63) is 71.8 Å². The van der Waals surface area contributed by atoms with Gasteiger partial charge in [0.05, 0.1) is 13.1 Å². The molecule has 1 N–H and O–H groups in total. The van der Waals surface area contributed by atoms with Crippen LogP contribution in [0, 0.1) is 0 Å². The van der Waals surface area contributed by atoms with E-state index in [0.717, 1.165) is 11.1 Å². The summed E-state index contributed by atoms with van der Waals surface area (Å²) < 4.78 is 0. The molecule has 0 aliphatic rings. The van der Waals surface area contributed by atoms with Gasteiger partial charge in [0.2, 0.25) is 0 Å². The Kier molecular flexibility index (Phi) is 4.70. The van der Waals surface area contributed by atoms with Crippen LogP contribution in [0.2, 0.25) is 0 Å². The third-order valence-corrected chi connectivity index (χ3v) is 2.88. The van der Waals surface area contributed by atoms with Crippen LogP contribution < -0.4 is 0 Å². The highest BCUT2D eigenvalue weighted by Crippen LogP contribution is 2.05. The van der Waals surface area contributed by atoms with Gasteiger partial charge in [0.15, 0.2) is 0 Å². The lowest BCUT2D eigenvalue weighted by Gasteiger charge is -2.16. The Bertz CT molecular complexity index is 523. The topological polar surface area (TPSA) is 35.8 Å². The van der Waals surface area contributed by atoms with Crippen molar-refractivity contribution in [2.24, 2.45) is 4.99 Å². The van der Waals surface area contributed by atoms with Gasteiger partial charge in [-0.1, -0.05) is 60.7 Å². The molecule has 0 radical (unpaired) electrons. The summed E-state index contributed by atoms with van der Waals surface area (Å²) in [5.74, 6) is 0.618. The molecule has 0 unspecified atom stereocenters. The van der Waals surface area contributed by atoms with E-state index in [1.807, 2.05) is 67.6 Å². The minimum absolute atomic E-state index is 0.449. The second kappa shape index (κ2) is 6.71. The Hall–Kier alpha value is -2.13. The van der Waals surface area contributed by atoms with Crippen molar-refractivity contribution in [1.29, 1.82) is 0 Å². The van der Waals surface area contributed by atoms with Crippen LogP contribution in [0.15, 0.2) is 65.7 Å². The number of amidine groups is 1. The summed E-state index contributed by atoms with van der Waals surface area (Å²) in [4.78, 5) is 4.38. The van der Waals surface area contributed by atoms with Crippen LogP contribution >= 0.6 is 0 Å². The zero-order chi connectivity index (χ0) is 13.5. The first-order valence-corrected chi connectivity index (χ1v) is 6.31. The van der Waals surface area contributed by atoms with Crippen molar-refractivity contribution in [2.75, 3.05) is 0 Å². The van der Waals surface area contributed by atoms with E-state index < -0.39 is 0 Å². The lowest BCUT2D eigenvalue weighted by molar-refractivity contribution is -0.0238. The largest absolute Gasteiger partial charge is 0.287 e. The molecule has 2 aromatic carbocycles. The lowest BCUT2D eigenvalue weighted by Crippen LogP contribution is -2.24. The standard InChI is InChI=1S/C16H18N2O/c1-14(17-12-15-8-4-2-5-9-15)18(19)13-16-10-6-3-7-11-16/h2-11,19H,12-13H2,1H3. The molecule has 19 heavy (non-hydrogen) atoms. The van der Waals surface area contributed by atoms with E-state index in [2.05, 4.69) is 4.99 Å². The Balaban J connectivity index is 1.93. The molecule has 0 heterocycles. The van der Waals surface area contributed by atoms with Gasteiger partial charge in [-0.2, -0.15) is 0 Å². The number of nitrogens with zero attached hydrogens (tertiary/aromatic N) is 2. The molecule has 0 atom stereocenters. The van der Waals surface area contributed by atoms with Crippen molar-refractivity contribution < 1.29 is 5.21 Å². The Labute approximate surface area is 113 Å². The van der Waals surface area contributed by atoms with Crippen molar-refractivity contribution in [3.63, 3.8) is 0 Å². The summed E-state index contributed by atoms with van der Waals surface area (Å²) >= 11 is 0. The van der Waals surface area contributed by atoms with Gasteiger partial charge in [-0.25, -0.2) is 5.06 Å².